The van der Waals surface area contributed by atoms with Crippen LogP contribution in [0.25, 0.3) is 0 Å². The molecule has 4 aromatic carbocycles. The molecule has 12 nitrogen and oxygen atoms in total. The van der Waals surface area contributed by atoms with Crippen LogP contribution in [0, 0.1) is 27.7 Å². The second-order valence-electron chi connectivity index (χ2n) is 21.9. The Balaban J connectivity index is 0.000000416. The Morgan fingerprint density at radius 2 is 0.870 bits per heavy atom. The first-order valence-electron chi connectivity index (χ1n) is 23.3. The molecule has 4 amide bonds. The highest BCUT2D eigenvalue weighted by atomic mass is 35.6. The highest BCUT2D eigenvalue weighted by Crippen LogP contribution is 2.39. The van der Waals surface area contributed by atoms with Gasteiger partial charge in [0.25, 0.3) is 11.8 Å². The first-order valence-corrected chi connectivity index (χ1v) is 30.3. The molecule has 3 N–H and O–H groups in total. The normalized spacial score (nSPS) is 12.0. The number of ether oxygens (including phenoxy) is 2. The second kappa shape index (κ2) is 25.2. The first-order chi connectivity index (χ1) is 31.6. The molecular weight excluding hydrogens is 924 g/mol. The third-order valence-corrected chi connectivity index (χ3v) is 21.9. The number of carbonyl (C=O) groups is 4. The predicted octanol–water partition coefficient (Wildman–Crippen LogP) is 13.0. The van der Waals surface area contributed by atoms with Crippen LogP contribution in [0.2, 0.25) is 36.3 Å². The van der Waals surface area contributed by atoms with Crippen LogP contribution >= 0.6 is 11.1 Å². The lowest BCUT2D eigenvalue weighted by Crippen LogP contribution is -2.60. The largest absolute Gasteiger partial charge is 0.443 e. The zero-order valence-electron chi connectivity index (χ0n) is 44.6. The Kier molecular flexibility index (Phi) is 22.0. The maximum absolute atomic E-state index is 13.6. The van der Waals surface area contributed by atoms with E-state index in [2.05, 4.69) is 78.6 Å². The van der Waals surface area contributed by atoms with Crippen molar-refractivity contribution in [1.29, 1.82) is 0 Å². The van der Waals surface area contributed by atoms with Crippen molar-refractivity contribution in [2.45, 2.75) is 157 Å². The zero-order chi connectivity index (χ0) is 52.8. The highest BCUT2D eigenvalue weighted by Gasteiger charge is 2.41. The molecule has 0 aromatic heterocycles. The van der Waals surface area contributed by atoms with E-state index in [-0.39, 0.29) is 37.4 Å². The van der Waals surface area contributed by atoms with Gasteiger partial charge in [0.2, 0.25) is 0 Å². The Bertz CT molecular complexity index is 2250. The lowest BCUT2D eigenvalue weighted by molar-refractivity contribution is 0.0111. The monoisotopic (exact) mass is 1000 g/mol. The molecule has 0 atom stereocenters. The molecule has 0 saturated carbocycles. The van der Waals surface area contributed by atoms with Crippen LogP contribution in [0.5, 0.6) is 0 Å². The lowest BCUT2D eigenvalue weighted by Gasteiger charge is -2.42. The Morgan fingerprint density at radius 3 is 1.16 bits per heavy atom. The molecule has 0 spiro atoms. The molecule has 15 heteroatoms. The summed E-state index contributed by atoms with van der Waals surface area (Å²) in [5, 5.41) is 12.5. The standard InChI is InChI=1S/C27H40N2O4Si.C21H26N2O4.C6H15ClSi/c1-20-15-21(2)17-23(16-20)24(30)29(27(6,7)19-33-34(8,9)26(3,4)5)28-25(31)32-18-22-13-11-10-12-14-22;1-15-10-16(2)12-18(11-15)19(25)23(21(3,4)14-24)22-20(26)27-13-17-8-6-5-7-9-17;1-6(2,3)8(4,5)7/h10-17H,18-19H2,1-9H3,(H,28,31);5-12,24H,13-14H2,1-4H3,(H,22,26);1-5H3. The minimum Gasteiger partial charge on any atom is -0.443 e. The number of rotatable bonds is 12. The maximum Gasteiger partial charge on any atom is 0.426 e. The Morgan fingerprint density at radius 1 is 0.551 bits per heavy atom. The minimum absolute atomic E-state index is 0.0214. The molecule has 0 unspecified atom stereocenters. The average molecular weight is 1010 g/mol. The van der Waals surface area contributed by atoms with Gasteiger partial charge in [-0.2, -0.15) is 11.1 Å². The summed E-state index contributed by atoms with van der Waals surface area (Å²) < 4.78 is 17.1. The van der Waals surface area contributed by atoms with Gasteiger partial charge in [-0.15, -0.1) is 0 Å². The summed E-state index contributed by atoms with van der Waals surface area (Å²) in [7, 11) is -3.46. The van der Waals surface area contributed by atoms with Gasteiger partial charge in [-0.05, 0) is 114 Å². The van der Waals surface area contributed by atoms with Gasteiger partial charge >= 0.3 is 12.2 Å². The molecule has 69 heavy (non-hydrogen) atoms. The van der Waals surface area contributed by atoms with Crippen molar-refractivity contribution in [2.24, 2.45) is 0 Å². The van der Waals surface area contributed by atoms with E-state index in [1.54, 1.807) is 26.0 Å². The molecule has 0 aliphatic rings. The number of nitrogens with zero attached hydrogens (tertiary/aromatic N) is 2. The van der Waals surface area contributed by atoms with E-state index < -0.39 is 44.9 Å². The fourth-order valence-electron chi connectivity index (χ4n) is 5.81. The lowest BCUT2D eigenvalue weighted by atomic mass is 10.0. The number of aliphatic hydroxyl groups is 1. The van der Waals surface area contributed by atoms with E-state index in [0.29, 0.717) is 16.2 Å². The molecule has 0 saturated heterocycles. The summed E-state index contributed by atoms with van der Waals surface area (Å²) in [5.74, 6) is -0.732. The predicted molar refractivity (Wildman–Crippen MR) is 285 cm³/mol. The quantitative estimate of drug-likeness (QED) is 0.0722. The van der Waals surface area contributed by atoms with Gasteiger partial charge in [0, 0.05) is 11.1 Å². The molecule has 4 rings (SSSR count). The van der Waals surface area contributed by atoms with E-state index in [4.69, 9.17) is 25.0 Å². The summed E-state index contributed by atoms with van der Waals surface area (Å²) in [4.78, 5) is 51.6. The summed E-state index contributed by atoms with van der Waals surface area (Å²) in [6.45, 7) is 36.7. The van der Waals surface area contributed by atoms with Crippen molar-refractivity contribution in [3.8, 4) is 0 Å². The van der Waals surface area contributed by atoms with Crippen LogP contribution in [-0.4, -0.2) is 79.1 Å². The van der Waals surface area contributed by atoms with Gasteiger partial charge in [-0.25, -0.2) is 30.5 Å². The fourth-order valence-corrected chi connectivity index (χ4v) is 6.96. The van der Waals surface area contributed by atoms with Crippen molar-refractivity contribution in [3.63, 3.8) is 0 Å². The topological polar surface area (TPSA) is 147 Å². The third-order valence-electron chi connectivity index (χ3n) is 12.1. The van der Waals surface area contributed by atoms with E-state index >= 15 is 0 Å². The average Bonchev–Trinajstić information content (AvgIpc) is 3.24. The molecule has 0 fully saturated rings. The van der Waals surface area contributed by atoms with E-state index in [0.717, 1.165) is 38.4 Å². The number of carbonyl (C=O) groups excluding carboxylic acids is 4. The molecule has 380 valence electrons. The first kappa shape index (κ1) is 60.1. The zero-order valence-corrected chi connectivity index (χ0v) is 47.4. The van der Waals surface area contributed by atoms with Crippen molar-refractivity contribution >= 4 is 50.8 Å². The summed E-state index contributed by atoms with van der Waals surface area (Å²) in [6, 6.07) is 29.8. The van der Waals surface area contributed by atoms with Crippen LogP contribution in [0.1, 0.15) is 123 Å². The van der Waals surface area contributed by atoms with Crippen LogP contribution in [0.15, 0.2) is 97.1 Å². The number of amides is 4. The summed E-state index contributed by atoms with van der Waals surface area (Å²) in [6.07, 6.45) is -1.46. The van der Waals surface area contributed by atoms with E-state index in [1.165, 1.54) is 5.01 Å². The molecular formula is C54H81ClN4O8Si2. The molecule has 0 aliphatic carbocycles. The number of hydrazine groups is 2. The highest BCUT2D eigenvalue weighted by molar-refractivity contribution is 7.20. The molecule has 4 aromatic rings. The minimum atomic E-state index is -2.07. The van der Waals surface area contributed by atoms with Crippen molar-refractivity contribution in [3.05, 3.63) is 142 Å². The van der Waals surface area contributed by atoms with Crippen LogP contribution in [0.3, 0.4) is 0 Å². The van der Waals surface area contributed by atoms with Gasteiger partial charge in [0.15, 0.2) is 15.7 Å². The van der Waals surface area contributed by atoms with Gasteiger partial charge in [-0.3, -0.25) is 9.59 Å². The SMILES string of the molecule is CC(C)(C)[Si](C)(C)Cl.Cc1cc(C)cc(C(=O)N(NC(=O)OCc2ccccc2)C(C)(C)CO)c1.Cc1cc(C)cc(C(=O)N(NC(=O)OCc2ccccc2)C(C)(C)CO[Si](C)(C)C(C)(C)C)c1. The molecule has 0 aliphatic heterocycles. The van der Waals surface area contributed by atoms with E-state index in [1.807, 2.05) is 126 Å². The fraction of sp³-hybridized carbons (Fsp3) is 0.481. The number of halogens is 1. The maximum atomic E-state index is 13.6. The second-order valence-corrected chi connectivity index (χ2v) is 34.0. The van der Waals surface area contributed by atoms with Crippen molar-refractivity contribution < 1.29 is 38.2 Å². The van der Waals surface area contributed by atoms with Crippen molar-refractivity contribution in [2.75, 3.05) is 13.2 Å². The van der Waals surface area contributed by atoms with Crippen molar-refractivity contribution in [1.82, 2.24) is 20.9 Å². The van der Waals surface area contributed by atoms with Gasteiger partial charge in [0.05, 0.1) is 24.3 Å². The van der Waals surface area contributed by atoms with Gasteiger partial charge < -0.3 is 19.0 Å². The van der Waals surface area contributed by atoms with Crippen LogP contribution in [0.4, 0.5) is 9.59 Å². The third kappa shape index (κ3) is 19.7. The molecule has 0 radical (unpaired) electrons. The van der Waals surface area contributed by atoms with E-state index in [9.17, 15) is 24.3 Å². The number of nitrogens with one attached hydrogen (secondary N) is 2. The number of aryl methyl sites for hydroxylation is 4. The van der Waals surface area contributed by atoms with Crippen LogP contribution in [-0.2, 0) is 27.1 Å². The van der Waals surface area contributed by atoms with Crippen LogP contribution < -0.4 is 10.9 Å². The van der Waals surface area contributed by atoms with Gasteiger partial charge in [0.1, 0.15) is 13.2 Å². The molecule has 0 bridgehead atoms. The Hall–Kier alpha value is -5.00. The number of hydrogen-bond acceptors (Lipinski definition) is 8. The number of hydrogen-bond donors (Lipinski definition) is 3. The Labute approximate surface area is 420 Å². The molecule has 0 heterocycles. The summed E-state index contributed by atoms with van der Waals surface area (Å²) in [5.41, 5.74) is 9.80. The summed E-state index contributed by atoms with van der Waals surface area (Å²) >= 11 is 6.15. The number of aliphatic hydroxyl groups excluding tert-OH is 1. The smallest absolute Gasteiger partial charge is 0.426 e. The number of benzene rings is 4. The van der Waals surface area contributed by atoms with Gasteiger partial charge in [-0.1, -0.05) is 150 Å².